The maximum atomic E-state index is 5.55. The maximum absolute atomic E-state index is 5.55. The molecule has 6 heteroatoms. The molecule has 1 atom stereocenters. The van der Waals surface area contributed by atoms with Gasteiger partial charge in [0.05, 0.1) is 6.10 Å². The van der Waals surface area contributed by atoms with Gasteiger partial charge in [-0.3, -0.25) is 4.99 Å². The molecular weight excluding hydrogens is 368 g/mol. The van der Waals surface area contributed by atoms with Gasteiger partial charge in [0.15, 0.2) is 5.96 Å². The van der Waals surface area contributed by atoms with Gasteiger partial charge < -0.3 is 20.3 Å². The number of guanidine groups is 1. The first-order chi connectivity index (χ1) is 11.6. The number of hydrogen-bond donors (Lipinski definition) is 2. The average Bonchev–Trinajstić information content (AvgIpc) is 3.02. The van der Waals surface area contributed by atoms with E-state index in [1.807, 2.05) is 7.05 Å². The molecule has 1 aliphatic rings. The third kappa shape index (κ3) is 6.32. The highest BCUT2D eigenvalue weighted by atomic mass is 79.9. The summed E-state index contributed by atoms with van der Waals surface area (Å²) in [6.07, 6.45) is 2.40. The van der Waals surface area contributed by atoms with Crippen molar-refractivity contribution in [2.75, 3.05) is 38.2 Å². The third-order valence-corrected chi connectivity index (χ3v) is 4.54. The Bertz CT molecular complexity index is 518. The Morgan fingerprint density at radius 3 is 2.79 bits per heavy atom. The summed E-state index contributed by atoms with van der Waals surface area (Å²) in [4.78, 5) is 6.73. The molecule has 1 unspecified atom stereocenters. The van der Waals surface area contributed by atoms with Crippen molar-refractivity contribution in [3.8, 4) is 0 Å². The number of anilines is 1. The highest BCUT2D eigenvalue weighted by Gasteiger charge is 2.23. The molecule has 0 bridgehead atoms. The Morgan fingerprint density at radius 2 is 2.12 bits per heavy atom. The summed E-state index contributed by atoms with van der Waals surface area (Å²) in [5, 5.41) is 6.89. The molecule has 1 aromatic carbocycles. The Kier molecular flexibility index (Phi) is 7.85. The van der Waals surface area contributed by atoms with E-state index in [4.69, 9.17) is 4.74 Å². The van der Waals surface area contributed by atoms with Crippen LogP contribution in [0.2, 0.25) is 0 Å². The van der Waals surface area contributed by atoms with Gasteiger partial charge in [0, 0.05) is 49.5 Å². The van der Waals surface area contributed by atoms with Gasteiger partial charge in [-0.25, -0.2) is 0 Å². The molecule has 0 saturated carbocycles. The second-order valence-corrected chi connectivity index (χ2v) is 7.24. The number of halogens is 1. The third-order valence-electron chi connectivity index (χ3n) is 4.01. The fraction of sp³-hybridized carbons (Fsp3) is 0.611. The van der Waals surface area contributed by atoms with Crippen molar-refractivity contribution in [3.05, 3.63) is 28.7 Å². The van der Waals surface area contributed by atoms with Crippen molar-refractivity contribution in [1.82, 2.24) is 10.6 Å². The monoisotopic (exact) mass is 396 g/mol. The van der Waals surface area contributed by atoms with Gasteiger partial charge in [0.2, 0.25) is 0 Å². The largest absolute Gasteiger partial charge is 0.379 e. The van der Waals surface area contributed by atoms with Gasteiger partial charge in [-0.15, -0.1) is 0 Å². The van der Waals surface area contributed by atoms with E-state index in [0.717, 1.165) is 49.5 Å². The first-order valence-electron chi connectivity index (χ1n) is 8.68. The Labute approximate surface area is 154 Å². The average molecular weight is 397 g/mol. The van der Waals surface area contributed by atoms with E-state index in [-0.39, 0.29) is 0 Å². The first kappa shape index (κ1) is 19.1. The summed E-state index contributed by atoms with van der Waals surface area (Å²) in [5.74, 6) is 0.877. The number of ether oxygens (including phenoxy) is 1. The van der Waals surface area contributed by atoms with Crippen LogP contribution in [0.15, 0.2) is 33.7 Å². The van der Waals surface area contributed by atoms with Crippen LogP contribution in [0.25, 0.3) is 0 Å². The SMILES string of the molecule is CN=C(NCCCOC(C)C)NC1CCN(c2ccc(Br)cc2)C1. The van der Waals surface area contributed by atoms with Crippen molar-refractivity contribution < 1.29 is 4.74 Å². The van der Waals surface area contributed by atoms with E-state index in [1.165, 1.54) is 5.69 Å². The van der Waals surface area contributed by atoms with Crippen LogP contribution < -0.4 is 15.5 Å². The van der Waals surface area contributed by atoms with Crippen molar-refractivity contribution in [2.24, 2.45) is 4.99 Å². The smallest absolute Gasteiger partial charge is 0.191 e. The molecule has 1 heterocycles. The number of benzene rings is 1. The molecule has 1 aromatic rings. The molecule has 1 aliphatic heterocycles. The van der Waals surface area contributed by atoms with E-state index < -0.39 is 0 Å². The minimum atomic E-state index is 0.297. The van der Waals surface area contributed by atoms with E-state index in [9.17, 15) is 0 Å². The molecule has 0 aromatic heterocycles. The topological polar surface area (TPSA) is 48.9 Å². The molecule has 0 aliphatic carbocycles. The number of nitrogens with zero attached hydrogens (tertiary/aromatic N) is 2. The summed E-state index contributed by atoms with van der Waals surface area (Å²) in [6.45, 7) is 7.84. The molecule has 0 amide bonds. The summed E-state index contributed by atoms with van der Waals surface area (Å²) >= 11 is 3.49. The van der Waals surface area contributed by atoms with E-state index in [1.54, 1.807) is 0 Å². The van der Waals surface area contributed by atoms with Crippen LogP contribution in [0.5, 0.6) is 0 Å². The zero-order chi connectivity index (χ0) is 17.4. The molecule has 134 valence electrons. The fourth-order valence-corrected chi connectivity index (χ4v) is 3.01. The number of hydrogen-bond acceptors (Lipinski definition) is 3. The van der Waals surface area contributed by atoms with Gasteiger partial charge >= 0.3 is 0 Å². The molecule has 5 nitrogen and oxygen atoms in total. The van der Waals surface area contributed by atoms with Crippen molar-refractivity contribution in [1.29, 1.82) is 0 Å². The van der Waals surface area contributed by atoms with Crippen molar-refractivity contribution >= 4 is 27.6 Å². The highest BCUT2D eigenvalue weighted by molar-refractivity contribution is 9.10. The Hall–Kier alpha value is -1.27. The van der Waals surface area contributed by atoms with Gasteiger partial charge in [-0.05, 0) is 51.0 Å². The summed E-state index contributed by atoms with van der Waals surface area (Å²) in [7, 11) is 1.82. The van der Waals surface area contributed by atoms with Crippen LogP contribution in [0.3, 0.4) is 0 Å². The van der Waals surface area contributed by atoms with Gasteiger partial charge in [-0.1, -0.05) is 15.9 Å². The Balaban J connectivity index is 1.71. The summed E-state index contributed by atoms with van der Waals surface area (Å²) in [6, 6.07) is 8.93. The van der Waals surface area contributed by atoms with E-state index in [0.29, 0.717) is 12.1 Å². The van der Waals surface area contributed by atoms with Gasteiger partial charge in [0.25, 0.3) is 0 Å². The molecule has 2 rings (SSSR count). The van der Waals surface area contributed by atoms with Gasteiger partial charge in [-0.2, -0.15) is 0 Å². The molecule has 1 saturated heterocycles. The van der Waals surface area contributed by atoms with Crippen LogP contribution in [-0.2, 0) is 4.74 Å². The predicted octanol–water partition coefficient (Wildman–Crippen LogP) is 3.01. The van der Waals surface area contributed by atoms with E-state index >= 15 is 0 Å². The number of nitrogens with one attached hydrogen (secondary N) is 2. The minimum Gasteiger partial charge on any atom is -0.379 e. The quantitative estimate of drug-likeness (QED) is 0.422. The lowest BCUT2D eigenvalue weighted by molar-refractivity contribution is 0.0776. The van der Waals surface area contributed by atoms with Crippen LogP contribution in [0.4, 0.5) is 5.69 Å². The van der Waals surface area contributed by atoms with Crippen molar-refractivity contribution in [2.45, 2.75) is 38.8 Å². The molecule has 24 heavy (non-hydrogen) atoms. The molecule has 1 fully saturated rings. The second-order valence-electron chi connectivity index (χ2n) is 6.32. The lowest BCUT2D eigenvalue weighted by Gasteiger charge is -2.20. The first-order valence-corrected chi connectivity index (χ1v) is 9.47. The highest BCUT2D eigenvalue weighted by Crippen LogP contribution is 2.22. The van der Waals surface area contributed by atoms with E-state index in [2.05, 4.69) is 74.6 Å². The minimum absolute atomic E-state index is 0.297. The lowest BCUT2D eigenvalue weighted by atomic mass is 10.3. The lowest BCUT2D eigenvalue weighted by Crippen LogP contribution is -2.45. The molecular formula is C18H29BrN4O. The zero-order valence-electron chi connectivity index (χ0n) is 14.9. The second kappa shape index (κ2) is 9.89. The molecule has 2 N–H and O–H groups in total. The normalized spacial score (nSPS) is 18.3. The standard InChI is InChI=1S/C18H29BrN4O/c1-14(2)24-12-4-10-21-18(20-3)22-16-9-11-23(13-16)17-7-5-15(19)6-8-17/h5-8,14,16H,4,9-13H2,1-3H3,(H2,20,21,22). The predicted molar refractivity (Wildman–Crippen MR) is 105 cm³/mol. The van der Waals surface area contributed by atoms with Crippen LogP contribution in [0.1, 0.15) is 26.7 Å². The molecule has 0 spiro atoms. The Morgan fingerprint density at radius 1 is 1.38 bits per heavy atom. The zero-order valence-corrected chi connectivity index (χ0v) is 16.5. The number of rotatable bonds is 7. The van der Waals surface area contributed by atoms with Crippen LogP contribution in [-0.4, -0.2) is 51.4 Å². The van der Waals surface area contributed by atoms with Crippen LogP contribution in [0, 0.1) is 0 Å². The van der Waals surface area contributed by atoms with Crippen molar-refractivity contribution in [3.63, 3.8) is 0 Å². The van der Waals surface area contributed by atoms with Gasteiger partial charge in [0.1, 0.15) is 0 Å². The summed E-state index contributed by atoms with van der Waals surface area (Å²) in [5.41, 5.74) is 1.27. The number of aliphatic imine (C=N–C) groups is 1. The molecule has 0 radical (unpaired) electrons. The summed E-state index contributed by atoms with van der Waals surface area (Å²) < 4.78 is 6.67. The fourth-order valence-electron chi connectivity index (χ4n) is 2.75. The maximum Gasteiger partial charge on any atom is 0.191 e. The van der Waals surface area contributed by atoms with Crippen LogP contribution >= 0.6 is 15.9 Å².